The first-order valence-corrected chi connectivity index (χ1v) is 6.81. The van der Waals surface area contributed by atoms with Gasteiger partial charge in [0, 0.05) is 24.7 Å². The van der Waals surface area contributed by atoms with Gasteiger partial charge in [-0.05, 0) is 25.0 Å². The average molecular weight is 265 g/mol. The number of nitrogens with zero attached hydrogens (tertiary/aromatic N) is 3. The summed E-state index contributed by atoms with van der Waals surface area (Å²) in [6, 6.07) is 11.9. The van der Waals surface area contributed by atoms with E-state index in [1.54, 1.807) is 11.1 Å². The lowest BCUT2D eigenvalue weighted by molar-refractivity contribution is 0.0698. The lowest BCUT2D eigenvalue weighted by Crippen LogP contribution is -2.39. The number of para-hydroxylation sites is 1. The van der Waals surface area contributed by atoms with Crippen molar-refractivity contribution in [3.05, 3.63) is 42.1 Å². The van der Waals surface area contributed by atoms with Crippen LogP contribution in [0, 0.1) is 17.2 Å². The van der Waals surface area contributed by atoms with E-state index in [-0.39, 0.29) is 11.8 Å². The maximum absolute atomic E-state index is 12.5. The first-order chi connectivity index (χ1) is 9.78. The van der Waals surface area contributed by atoms with Crippen molar-refractivity contribution in [1.29, 1.82) is 5.26 Å². The van der Waals surface area contributed by atoms with Crippen LogP contribution in [0.1, 0.15) is 23.2 Å². The molecule has 2 aromatic rings. The van der Waals surface area contributed by atoms with Crippen LogP contribution in [0.5, 0.6) is 0 Å². The van der Waals surface area contributed by atoms with Crippen molar-refractivity contribution in [2.24, 2.45) is 5.92 Å². The highest BCUT2D eigenvalue weighted by Gasteiger charge is 2.24. The van der Waals surface area contributed by atoms with Gasteiger partial charge in [-0.3, -0.25) is 9.78 Å². The van der Waals surface area contributed by atoms with Gasteiger partial charge in [-0.25, -0.2) is 0 Å². The number of pyridine rings is 1. The second-order valence-corrected chi connectivity index (χ2v) is 5.14. The number of aromatic nitrogens is 1. The minimum atomic E-state index is -0.0406. The van der Waals surface area contributed by atoms with Crippen LogP contribution in [0.25, 0.3) is 10.9 Å². The Morgan fingerprint density at radius 2 is 2.25 bits per heavy atom. The molecular formula is C16H15N3O. The molecule has 3 rings (SSSR count). The maximum Gasteiger partial charge on any atom is 0.255 e. The molecule has 20 heavy (non-hydrogen) atoms. The van der Waals surface area contributed by atoms with Crippen molar-refractivity contribution in [1.82, 2.24) is 9.88 Å². The van der Waals surface area contributed by atoms with Crippen LogP contribution in [-0.2, 0) is 0 Å². The maximum atomic E-state index is 12.5. The van der Waals surface area contributed by atoms with Crippen LogP contribution in [0.3, 0.4) is 0 Å². The first-order valence-electron chi connectivity index (χ1n) is 6.81. The second kappa shape index (κ2) is 5.30. The van der Waals surface area contributed by atoms with Crippen molar-refractivity contribution in [2.75, 3.05) is 13.1 Å². The van der Waals surface area contributed by atoms with E-state index in [1.165, 1.54) is 0 Å². The molecule has 1 saturated heterocycles. The van der Waals surface area contributed by atoms with E-state index >= 15 is 0 Å². The summed E-state index contributed by atoms with van der Waals surface area (Å²) in [5.74, 6) is -0.0654. The quantitative estimate of drug-likeness (QED) is 0.796. The summed E-state index contributed by atoms with van der Waals surface area (Å²) in [6.45, 7) is 1.26. The smallest absolute Gasteiger partial charge is 0.255 e. The van der Waals surface area contributed by atoms with Gasteiger partial charge in [-0.15, -0.1) is 0 Å². The topological polar surface area (TPSA) is 57.0 Å². The number of hydrogen-bond acceptors (Lipinski definition) is 3. The molecule has 1 aliphatic heterocycles. The van der Waals surface area contributed by atoms with E-state index in [4.69, 9.17) is 5.26 Å². The Balaban J connectivity index is 1.86. The number of amides is 1. The fraction of sp³-hybridized carbons (Fsp3) is 0.312. The van der Waals surface area contributed by atoms with Gasteiger partial charge in [-0.2, -0.15) is 5.26 Å². The highest BCUT2D eigenvalue weighted by atomic mass is 16.2. The SMILES string of the molecule is N#CC1CCCN(C(=O)c2cnc3ccccc3c2)C1. The minimum Gasteiger partial charge on any atom is -0.337 e. The van der Waals surface area contributed by atoms with Crippen LogP contribution < -0.4 is 0 Å². The fourth-order valence-corrected chi connectivity index (χ4v) is 2.64. The van der Waals surface area contributed by atoms with E-state index in [0.717, 1.165) is 30.3 Å². The molecule has 0 radical (unpaired) electrons. The highest BCUT2D eigenvalue weighted by Crippen LogP contribution is 2.19. The molecule has 2 heterocycles. The number of carbonyl (C=O) groups excluding carboxylic acids is 1. The van der Waals surface area contributed by atoms with Gasteiger partial charge < -0.3 is 4.90 Å². The van der Waals surface area contributed by atoms with Crippen LogP contribution in [0.15, 0.2) is 36.5 Å². The molecule has 4 nitrogen and oxygen atoms in total. The van der Waals surface area contributed by atoms with Crippen molar-refractivity contribution in [2.45, 2.75) is 12.8 Å². The Kier molecular flexibility index (Phi) is 3.34. The monoisotopic (exact) mass is 265 g/mol. The van der Waals surface area contributed by atoms with Gasteiger partial charge in [0.05, 0.1) is 23.1 Å². The number of nitriles is 1. The van der Waals surface area contributed by atoms with Crippen LogP contribution in [0.4, 0.5) is 0 Å². The molecule has 0 bridgehead atoms. The molecule has 1 amide bonds. The van der Waals surface area contributed by atoms with E-state index in [0.29, 0.717) is 12.1 Å². The third kappa shape index (κ3) is 2.35. The van der Waals surface area contributed by atoms with E-state index in [9.17, 15) is 4.79 Å². The van der Waals surface area contributed by atoms with E-state index in [1.807, 2.05) is 30.3 Å². The first kappa shape index (κ1) is 12.6. The van der Waals surface area contributed by atoms with Gasteiger partial charge in [0.25, 0.3) is 5.91 Å². The number of rotatable bonds is 1. The van der Waals surface area contributed by atoms with Gasteiger partial charge in [0.1, 0.15) is 0 Å². The normalized spacial score (nSPS) is 18.8. The standard InChI is InChI=1S/C16H15N3O/c17-9-12-4-3-7-19(11-12)16(20)14-8-13-5-1-2-6-15(13)18-10-14/h1-2,5-6,8,10,12H,3-4,7,11H2. The molecule has 0 saturated carbocycles. The van der Waals surface area contributed by atoms with Gasteiger partial charge >= 0.3 is 0 Å². The molecule has 1 aromatic carbocycles. The Morgan fingerprint density at radius 3 is 3.10 bits per heavy atom. The Labute approximate surface area is 117 Å². The van der Waals surface area contributed by atoms with Gasteiger partial charge in [-0.1, -0.05) is 18.2 Å². The zero-order valence-electron chi connectivity index (χ0n) is 11.1. The number of likely N-dealkylation sites (tertiary alicyclic amines) is 1. The zero-order valence-corrected chi connectivity index (χ0v) is 11.1. The summed E-state index contributed by atoms with van der Waals surface area (Å²) in [5, 5.41) is 9.97. The number of hydrogen-bond donors (Lipinski definition) is 0. The predicted molar refractivity (Wildman–Crippen MR) is 76.0 cm³/mol. The van der Waals surface area contributed by atoms with Crippen LogP contribution in [-0.4, -0.2) is 28.9 Å². The highest BCUT2D eigenvalue weighted by molar-refractivity contribution is 5.97. The second-order valence-electron chi connectivity index (χ2n) is 5.14. The molecule has 4 heteroatoms. The van der Waals surface area contributed by atoms with Crippen LogP contribution >= 0.6 is 0 Å². The molecule has 1 fully saturated rings. The number of piperidine rings is 1. The molecule has 0 aliphatic carbocycles. The van der Waals surface area contributed by atoms with Crippen LogP contribution in [0.2, 0.25) is 0 Å². The molecular weight excluding hydrogens is 250 g/mol. The fourth-order valence-electron chi connectivity index (χ4n) is 2.64. The van der Waals surface area contributed by atoms with Gasteiger partial charge in [0.2, 0.25) is 0 Å². The Morgan fingerprint density at radius 1 is 1.40 bits per heavy atom. The number of fused-ring (bicyclic) bond motifs is 1. The molecule has 100 valence electrons. The number of carbonyl (C=O) groups is 1. The lowest BCUT2D eigenvalue weighted by atomic mass is 9.99. The Bertz CT molecular complexity index is 689. The predicted octanol–water partition coefficient (Wildman–Crippen LogP) is 2.61. The summed E-state index contributed by atoms with van der Waals surface area (Å²) in [4.78, 5) is 18.6. The summed E-state index contributed by atoms with van der Waals surface area (Å²) in [7, 11) is 0. The Hall–Kier alpha value is -2.41. The third-order valence-corrected chi connectivity index (χ3v) is 3.73. The van der Waals surface area contributed by atoms with Gasteiger partial charge in [0.15, 0.2) is 0 Å². The average Bonchev–Trinajstić information content (AvgIpc) is 2.53. The van der Waals surface area contributed by atoms with E-state index in [2.05, 4.69) is 11.1 Å². The lowest BCUT2D eigenvalue weighted by Gasteiger charge is -2.29. The third-order valence-electron chi connectivity index (χ3n) is 3.73. The summed E-state index contributed by atoms with van der Waals surface area (Å²) < 4.78 is 0. The minimum absolute atomic E-state index is 0.0248. The molecule has 1 unspecified atom stereocenters. The largest absolute Gasteiger partial charge is 0.337 e. The summed E-state index contributed by atoms with van der Waals surface area (Å²) in [6.07, 6.45) is 3.40. The molecule has 0 N–H and O–H groups in total. The molecule has 1 aliphatic rings. The van der Waals surface area contributed by atoms with Crippen molar-refractivity contribution in [3.8, 4) is 6.07 Å². The van der Waals surface area contributed by atoms with Crippen molar-refractivity contribution >= 4 is 16.8 Å². The number of benzene rings is 1. The summed E-state index contributed by atoms with van der Waals surface area (Å²) in [5.41, 5.74) is 1.49. The molecule has 1 atom stereocenters. The van der Waals surface area contributed by atoms with Crippen molar-refractivity contribution in [3.63, 3.8) is 0 Å². The molecule has 1 aromatic heterocycles. The van der Waals surface area contributed by atoms with E-state index < -0.39 is 0 Å². The zero-order chi connectivity index (χ0) is 13.9. The van der Waals surface area contributed by atoms with Crippen molar-refractivity contribution < 1.29 is 4.79 Å². The summed E-state index contributed by atoms with van der Waals surface area (Å²) >= 11 is 0. The molecule has 0 spiro atoms.